The van der Waals surface area contributed by atoms with Gasteiger partial charge in [-0.2, -0.15) is 5.10 Å². The Kier molecular flexibility index (Phi) is 6.15. The lowest BCUT2D eigenvalue weighted by Crippen LogP contribution is -2.28. The first kappa shape index (κ1) is 20.2. The Morgan fingerprint density at radius 3 is 2.73 bits per heavy atom. The molecular formula is C22H16BrN3O3S. The molecule has 30 heavy (non-hydrogen) atoms. The first-order valence-electron chi connectivity index (χ1n) is 8.98. The van der Waals surface area contributed by atoms with Crippen molar-refractivity contribution in [2.75, 3.05) is 0 Å². The second-order valence-corrected chi connectivity index (χ2v) is 8.25. The molecule has 0 radical (unpaired) electrons. The van der Waals surface area contributed by atoms with Crippen LogP contribution in [0.15, 0.2) is 90.9 Å². The largest absolute Gasteiger partial charge is 0.507 e. The Bertz CT molecular complexity index is 1140. The van der Waals surface area contributed by atoms with E-state index < -0.39 is 0 Å². The number of rotatable bonds is 5. The van der Waals surface area contributed by atoms with Crippen LogP contribution in [0.25, 0.3) is 6.08 Å². The highest BCUT2D eigenvalue weighted by Gasteiger charge is 2.34. The van der Waals surface area contributed by atoms with Gasteiger partial charge in [0.1, 0.15) is 11.5 Å². The quantitative estimate of drug-likeness (QED) is 0.306. The van der Waals surface area contributed by atoms with Crippen molar-refractivity contribution in [2.45, 2.75) is 6.54 Å². The van der Waals surface area contributed by atoms with E-state index in [0.29, 0.717) is 21.4 Å². The molecule has 0 bridgehead atoms. The topological polar surface area (TPSA) is 78.4 Å². The van der Waals surface area contributed by atoms with Crippen molar-refractivity contribution in [3.05, 3.63) is 93.2 Å². The van der Waals surface area contributed by atoms with E-state index in [9.17, 15) is 9.90 Å². The van der Waals surface area contributed by atoms with Gasteiger partial charge in [-0.05, 0) is 53.7 Å². The van der Waals surface area contributed by atoms with Gasteiger partial charge in [-0.1, -0.05) is 46.3 Å². The molecule has 1 saturated heterocycles. The molecule has 0 atom stereocenters. The summed E-state index contributed by atoms with van der Waals surface area (Å²) in [5.41, 5.74) is 1.44. The van der Waals surface area contributed by atoms with Gasteiger partial charge in [-0.3, -0.25) is 9.69 Å². The van der Waals surface area contributed by atoms with Crippen LogP contribution in [-0.2, 0) is 11.3 Å². The molecule has 0 saturated carbocycles. The zero-order valence-corrected chi connectivity index (χ0v) is 18.0. The van der Waals surface area contributed by atoms with Crippen LogP contribution < -0.4 is 0 Å². The van der Waals surface area contributed by atoms with Gasteiger partial charge in [0.25, 0.3) is 5.91 Å². The molecule has 1 aliphatic rings. The van der Waals surface area contributed by atoms with E-state index in [0.717, 1.165) is 10.0 Å². The second kappa shape index (κ2) is 9.15. The summed E-state index contributed by atoms with van der Waals surface area (Å²) < 4.78 is 6.19. The van der Waals surface area contributed by atoms with Gasteiger partial charge in [-0.25, -0.2) is 0 Å². The number of phenolic OH excluding ortho intramolecular Hbond substituents is 1. The van der Waals surface area contributed by atoms with Gasteiger partial charge in [0.2, 0.25) is 0 Å². The number of furan rings is 1. The van der Waals surface area contributed by atoms with Crippen LogP contribution in [0.1, 0.15) is 16.9 Å². The number of nitrogens with zero attached hydrogens (tertiary/aromatic N) is 3. The van der Waals surface area contributed by atoms with E-state index >= 15 is 0 Å². The summed E-state index contributed by atoms with van der Waals surface area (Å²) in [6.45, 7) is 0.236. The molecule has 4 rings (SSSR count). The lowest BCUT2D eigenvalue weighted by Gasteiger charge is -2.12. The number of hydrogen-bond donors (Lipinski definition) is 1. The van der Waals surface area contributed by atoms with Gasteiger partial charge >= 0.3 is 0 Å². The molecule has 1 aromatic heterocycles. The molecule has 2 aromatic carbocycles. The van der Waals surface area contributed by atoms with Gasteiger partial charge in [0.15, 0.2) is 5.17 Å². The number of hydrogen-bond acceptors (Lipinski definition) is 6. The fourth-order valence-electron chi connectivity index (χ4n) is 2.75. The zero-order valence-electron chi connectivity index (χ0n) is 15.6. The average Bonchev–Trinajstić information content (AvgIpc) is 3.36. The molecule has 6 nitrogen and oxygen atoms in total. The number of benzene rings is 2. The van der Waals surface area contributed by atoms with Crippen molar-refractivity contribution in [3.8, 4) is 5.75 Å². The summed E-state index contributed by atoms with van der Waals surface area (Å²) >= 11 is 4.58. The molecule has 1 fully saturated rings. The molecule has 0 spiro atoms. The summed E-state index contributed by atoms with van der Waals surface area (Å²) in [6, 6.07) is 18.2. The lowest BCUT2D eigenvalue weighted by molar-refractivity contribution is -0.122. The molecule has 8 heteroatoms. The first-order chi connectivity index (χ1) is 14.6. The molecule has 1 aliphatic heterocycles. The molecule has 0 unspecified atom stereocenters. The zero-order chi connectivity index (χ0) is 20.9. The first-order valence-corrected chi connectivity index (χ1v) is 10.6. The van der Waals surface area contributed by atoms with Crippen LogP contribution in [0.5, 0.6) is 5.75 Å². The van der Waals surface area contributed by atoms with E-state index in [1.165, 1.54) is 16.7 Å². The summed E-state index contributed by atoms with van der Waals surface area (Å²) in [5, 5.41) is 19.0. The maximum Gasteiger partial charge on any atom is 0.267 e. The summed E-state index contributed by atoms with van der Waals surface area (Å²) in [6.07, 6.45) is 4.83. The highest BCUT2D eigenvalue weighted by Crippen LogP contribution is 2.35. The van der Waals surface area contributed by atoms with Gasteiger partial charge in [-0.15, -0.1) is 5.10 Å². The summed E-state index contributed by atoms with van der Waals surface area (Å²) in [4.78, 5) is 15.0. The van der Waals surface area contributed by atoms with Crippen molar-refractivity contribution in [3.63, 3.8) is 0 Å². The highest BCUT2D eigenvalue weighted by molar-refractivity contribution is 9.10. The van der Waals surface area contributed by atoms with Gasteiger partial charge in [0.05, 0.1) is 23.9 Å². The van der Waals surface area contributed by atoms with Crippen LogP contribution in [-0.4, -0.2) is 27.3 Å². The maximum absolute atomic E-state index is 13.0. The van der Waals surface area contributed by atoms with E-state index in [4.69, 9.17) is 4.42 Å². The second-order valence-electron chi connectivity index (χ2n) is 6.32. The van der Waals surface area contributed by atoms with E-state index in [2.05, 4.69) is 26.1 Å². The van der Waals surface area contributed by atoms with Gasteiger partial charge < -0.3 is 9.52 Å². The molecule has 1 amide bonds. The highest BCUT2D eigenvalue weighted by atomic mass is 79.9. The van der Waals surface area contributed by atoms with Crippen LogP contribution in [0, 0.1) is 0 Å². The molecule has 3 aromatic rings. The number of carbonyl (C=O) groups excluding carboxylic acids is 1. The summed E-state index contributed by atoms with van der Waals surface area (Å²) in [5.74, 6) is 0.490. The predicted molar refractivity (Wildman–Crippen MR) is 122 cm³/mol. The Hall–Kier alpha value is -3.10. The third kappa shape index (κ3) is 4.72. The fourth-order valence-corrected chi connectivity index (χ4v) is 4.05. The Morgan fingerprint density at radius 1 is 1.13 bits per heavy atom. The number of thioether (sulfide) groups is 1. The number of amides is 1. The molecule has 0 aliphatic carbocycles. The standard InChI is InChI=1S/C22H16BrN3O3S/c23-17-8-9-19(27)16(11-17)12-20-21(28)26(14-18-7-4-10-29-18)22(30-20)25-24-13-15-5-2-1-3-6-15/h1-13,27H,14H2/b20-12-,24-13+,25-22-. The number of amidine groups is 1. The van der Waals surface area contributed by atoms with E-state index in [-0.39, 0.29) is 18.2 Å². The van der Waals surface area contributed by atoms with E-state index in [1.54, 1.807) is 48.9 Å². The Morgan fingerprint density at radius 2 is 1.97 bits per heavy atom. The molecule has 150 valence electrons. The number of phenols is 1. The van der Waals surface area contributed by atoms with Crippen molar-refractivity contribution in [1.82, 2.24) is 4.90 Å². The average molecular weight is 482 g/mol. The fraction of sp³-hybridized carbons (Fsp3) is 0.0455. The van der Waals surface area contributed by atoms with Crippen LogP contribution in [0.2, 0.25) is 0 Å². The monoisotopic (exact) mass is 481 g/mol. The SMILES string of the molecule is O=C1/C(=C/c2cc(Br)ccc2O)S/C(=N\N=C\c2ccccc2)N1Cc1ccco1. The van der Waals surface area contributed by atoms with E-state index in [1.807, 2.05) is 30.3 Å². The summed E-state index contributed by atoms with van der Waals surface area (Å²) in [7, 11) is 0. The van der Waals surface area contributed by atoms with Crippen LogP contribution >= 0.6 is 27.7 Å². The molecular weight excluding hydrogens is 466 g/mol. The number of aromatic hydroxyl groups is 1. The van der Waals surface area contributed by atoms with Crippen molar-refractivity contribution < 1.29 is 14.3 Å². The van der Waals surface area contributed by atoms with Crippen LogP contribution in [0.4, 0.5) is 0 Å². The number of carbonyl (C=O) groups is 1. The lowest BCUT2D eigenvalue weighted by atomic mass is 10.2. The minimum Gasteiger partial charge on any atom is -0.507 e. The van der Waals surface area contributed by atoms with Crippen LogP contribution in [0.3, 0.4) is 0 Å². The van der Waals surface area contributed by atoms with Crippen molar-refractivity contribution in [2.24, 2.45) is 10.2 Å². The van der Waals surface area contributed by atoms with Gasteiger partial charge in [0, 0.05) is 10.0 Å². The maximum atomic E-state index is 13.0. The van der Waals surface area contributed by atoms with Crippen molar-refractivity contribution in [1.29, 1.82) is 0 Å². The third-order valence-electron chi connectivity index (χ3n) is 4.21. The Balaban J connectivity index is 1.65. The molecule has 2 heterocycles. The third-order valence-corrected chi connectivity index (χ3v) is 5.70. The smallest absolute Gasteiger partial charge is 0.267 e. The molecule has 1 N–H and O–H groups in total. The minimum atomic E-state index is -0.232. The minimum absolute atomic E-state index is 0.0872. The normalized spacial score (nSPS) is 17.0. The number of halogens is 1. The Labute approximate surface area is 185 Å². The van der Waals surface area contributed by atoms with Crippen molar-refractivity contribution >= 4 is 51.1 Å². The predicted octanol–water partition coefficient (Wildman–Crippen LogP) is 5.25.